The molecule has 158 valence electrons. The third kappa shape index (κ3) is 5.04. The summed E-state index contributed by atoms with van der Waals surface area (Å²) >= 11 is 0. The molecule has 4 rings (SSSR count). The van der Waals surface area contributed by atoms with E-state index in [9.17, 15) is 5.11 Å². The average molecular weight is 422 g/mol. The summed E-state index contributed by atoms with van der Waals surface area (Å²) in [6.45, 7) is 8.32. The van der Waals surface area contributed by atoms with E-state index in [4.69, 9.17) is 4.74 Å². The van der Waals surface area contributed by atoms with E-state index >= 15 is 0 Å². The van der Waals surface area contributed by atoms with Gasteiger partial charge in [0.15, 0.2) is 0 Å². The summed E-state index contributed by atoms with van der Waals surface area (Å²) < 4.78 is 7.65. The summed E-state index contributed by atoms with van der Waals surface area (Å²) in [6.07, 6.45) is 9.57. The molecule has 30 heavy (non-hydrogen) atoms. The van der Waals surface area contributed by atoms with Crippen LogP contribution < -0.4 is 0 Å². The molecule has 0 radical (unpaired) electrons. The van der Waals surface area contributed by atoms with Crippen LogP contribution in [0.2, 0.25) is 25.7 Å². The SMILES string of the molecule is C[Si](C)(C)CCOCn1cc(-c2c[nH]c3ccc(C#CC4(O)CCCC4)cc23)cn1. The normalized spacial score (nSPS) is 16.0. The first-order valence-electron chi connectivity index (χ1n) is 10.8. The molecule has 2 N–H and O–H groups in total. The Morgan fingerprint density at radius 3 is 2.83 bits per heavy atom. The minimum Gasteiger partial charge on any atom is -0.378 e. The van der Waals surface area contributed by atoms with E-state index in [0.29, 0.717) is 6.73 Å². The van der Waals surface area contributed by atoms with Crippen molar-refractivity contribution in [3.63, 3.8) is 0 Å². The molecular weight excluding hydrogens is 390 g/mol. The molecule has 2 aromatic heterocycles. The lowest BCUT2D eigenvalue weighted by Gasteiger charge is -2.15. The zero-order valence-corrected chi connectivity index (χ0v) is 19.2. The summed E-state index contributed by atoms with van der Waals surface area (Å²) in [5, 5.41) is 16.1. The van der Waals surface area contributed by atoms with Crippen LogP contribution in [-0.4, -0.2) is 40.2 Å². The molecule has 1 saturated carbocycles. The van der Waals surface area contributed by atoms with E-state index in [1.807, 2.05) is 35.4 Å². The van der Waals surface area contributed by atoms with Crippen molar-refractivity contribution in [1.82, 2.24) is 14.8 Å². The Bertz CT molecular complexity index is 1080. The van der Waals surface area contributed by atoms with Crippen LogP contribution >= 0.6 is 0 Å². The van der Waals surface area contributed by atoms with Crippen LogP contribution in [0.5, 0.6) is 0 Å². The molecule has 1 aromatic carbocycles. The highest BCUT2D eigenvalue weighted by molar-refractivity contribution is 6.76. The van der Waals surface area contributed by atoms with Gasteiger partial charge in [-0.3, -0.25) is 0 Å². The van der Waals surface area contributed by atoms with Gasteiger partial charge in [0.1, 0.15) is 12.3 Å². The molecule has 5 nitrogen and oxygen atoms in total. The molecule has 6 heteroatoms. The van der Waals surface area contributed by atoms with Gasteiger partial charge in [0.05, 0.1) is 6.20 Å². The predicted molar refractivity (Wildman–Crippen MR) is 124 cm³/mol. The number of nitrogens with one attached hydrogen (secondary N) is 1. The highest BCUT2D eigenvalue weighted by atomic mass is 28.3. The summed E-state index contributed by atoms with van der Waals surface area (Å²) in [4.78, 5) is 3.34. The number of aromatic amines is 1. The molecule has 0 bridgehead atoms. The summed E-state index contributed by atoms with van der Waals surface area (Å²) in [5.41, 5.74) is 3.32. The van der Waals surface area contributed by atoms with Gasteiger partial charge in [0.25, 0.3) is 0 Å². The molecule has 0 amide bonds. The third-order valence-corrected chi connectivity index (χ3v) is 7.42. The quantitative estimate of drug-likeness (QED) is 0.334. The average Bonchev–Trinajstić information content (AvgIpc) is 3.42. The van der Waals surface area contributed by atoms with E-state index in [-0.39, 0.29) is 0 Å². The Morgan fingerprint density at radius 2 is 2.07 bits per heavy atom. The molecule has 1 aliphatic carbocycles. The first-order chi connectivity index (χ1) is 14.3. The summed E-state index contributed by atoms with van der Waals surface area (Å²) in [7, 11) is -1.08. The molecule has 0 atom stereocenters. The molecule has 2 heterocycles. The van der Waals surface area contributed by atoms with E-state index in [0.717, 1.165) is 65.9 Å². The van der Waals surface area contributed by atoms with E-state index in [2.05, 4.69) is 47.6 Å². The topological polar surface area (TPSA) is 63.1 Å². The number of rotatable bonds is 6. The fourth-order valence-corrected chi connectivity index (χ4v) is 4.58. The lowest BCUT2D eigenvalue weighted by molar-refractivity contribution is 0.0786. The Morgan fingerprint density at radius 1 is 1.27 bits per heavy atom. The zero-order valence-electron chi connectivity index (χ0n) is 18.2. The molecule has 0 saturated heterocycles. The standard InChI is InChI=1S/C24H31N3O2Si/c1-30(2,3)13-12-29-18-27-17-20(15-26-27)22-16-25-23-7-6-19(14-21(22)23)8-11-24(28)9-4-5-10-24/h6-7,14-17,25,28H,4-5,9-10,12-13,18H2,1-3H3. The smallest absolute Gasteiger partial charge is 0.139 e. The zero-order chi connectivity index (χ0) is 21.2. The number of benzene rings is 1. The number of aromatic nitrogens is 3. The fourth-order valence-electron chi connectivity index (χ4n) is 3.82. The van der Waals surface area contributed by atoms with E-state index in [1.54, 1.807) is 0 Å². The third-order valence-electron chi connectivity index (χ3n) is 5.72. The van der Waals surface area contributed by atoms with Gasteiger partial charge < -0.3 is 14.8 Å². The Kier molecular flexibility index (Phi) is 5.87. The monoisotopic (exact) mass is 421 g/mol. The Labute approximate surface area is 179 Å². The van der Waals surface area contributed by atoms with E-state index < -0.39 is 13.7 Å². The lowest BCUT2D eigenvalue weighted by atomic mass is 10.0. The minimum absolute atomic E-state index is 0.474. The maximum atomic E-state index is 10.5. The van der Waals surface area contributed by atoms with Crippen LogP contribution in [0.3, 0.4) is 0 Å². The maximum absolute atomic E-state index is 10.5. The number of H-pyrrole nitrogens is 1. The van der Waals surface area contributed by atoms with Gasteiger partial charge in [-0.15, -0.1) is 0 Å². The molecular formula is C24H31N3O2Si. The first kappa shape index (κ1) is 20.9. The number of aliphatic hydroxyl groups is 1. The van der Waals surface area contributed by atoms with Crippen LogP contribution in [-0.2, 0) is 11.5 Å². The van der Waals surface area contributed by atoms with Crippen molar-refractivity contribution < 1.29 is 9.84 Å². The van der Waals surface area contributed by atoms with Gasteiger partial charge in [-0.2, -0.15) is 5.10 Å². The van der Waals surface area contributed by atoms with Crippen molar-refractivity contribution in [1.29, 1.82) is 0 Å². The van der Waals surface area contributed by atoms with Gasteiger partial charge in [0, 0.05) is 54.7 Å². The number of ether oxygens (including phenoxy) is 1. The molecule has 0 spiro atoms. The van der Waals surface area contributed by atoms with Crippen molar-refractivity contribution >= 4 is 19.0 Å². The number of nitrogens with zero attached hydrogens (tertiary/aromatic N) is 2. The number of fused-ring (bicyclic) bond motifs is 1. The largest absolute Gasteiger partial charge is 0.378 e. The molecule has 0 aliphatic heterocycles. The minimum atomic E-state index is -1.08. The van der Waals surface area contributed by atoms with Crippen LogP contribution in [0.4, 0.5) is 0 Å². The molecule has 1 aliphatic rings. The van der Waals surface area contributed by atoms with E-state index in [1.165, 1.54) is 0 Å². The first-order valence-corrected chi connectivity index (χ1v) is 14.5. The van der Waals surface area contributed by atoms with Crippen molar-refractivity contribution in [2.24, 2.45) is 0 Å². The summed E-state index contributed by atoms with van der Waals surface area (Å²) in [6, 6.07) is 7.30. The molecule has 3 aromatic rings. The van der Waals surface area contributed by atoms with Gasteiger partial charge in [-0.25, -0.2) is 4.68 Å². The Balaban J connectivity index is 1.49. The van der Waals surface area contributed by atoms with Crippen molar-refractivity contribution in [2.45, 2.75) is 63.7 Å². The second-order valence-corrected chi connectivity index (χ2v) is 15.2. The summed E-state index contributed by atoms with van der Waals surface area (Å²) in [5.74, 6) is 6.29. The number of hydrogen-bond acceptors (Lipinski definition) is 3. The van der Waals surface area contributed by atoms with Crippen LogP contribution in [0.15, 0.2) is 36.8 Å². The van der Waals surface area contributed by atoms with Crippen molar-refractivity contribution in [2.75, 3.05) is 6.61 Å². The van der Waals surface area contributed by atoms with Gasteiger partial charge in [-0.05, 0) is 49.9 Å². The molecule has 0 unspecified atom stereocenters. The van der Waals surface area contributed by atoms with Crippen molar-refractivity contribution in [3.8, 4) is 23.0 Å². The second kappa shape index (κ2) is 8.42. The fraction of sp³-hybridized carbons (Fsp3) is 0.458. The van der Waals surface area contributed by atoms with Gasteiger partial charge in [-0.1, -0.05) is 31.5 Å². The predicted octanol–water partition coefficient (Wildman–Crippen LogP) is 5.00. The highest BCUT2D eigenvalue weighted by Crippen LogP contribution is 2.30. The molecule has 1 fully saturated rings. The van der Waals surface area contributed by atoms with Crippen LogP contribution in [0.1, 0.15) is 31.2 Å². The highest BCUT2D eigenvalue weighted by Gasteiger charge is 2.28. The lowest BCUT2D eigenvalue weighted by Crippen LogP contribution is -2.22. The number of hydrogen-bond donors (Lipinski definition) is 2. The Hall–Kier alpha value is -2.33. The second-order valence-electron chi connectivity index (χ2n) is 9.57. The van der Waals surface area contributed by atoms with Gasteiger partial charge >= 0.3 is 0 Å². The van der Waals surface area contributed by atoms with Crippen LogP contribution in [0.25, 0.3) is 22.0 Å². The van der Waals surface area contributed by atoms with Crippen molar-refractivity contribution in [3.05, 3.63) is 42.4 Å². The van der Waals surface area contributed by atoms with Crippen LogP contribution in [0, 0.1) is 11.8 Å². The van der Waals surface area contributed by atoms with Gasteiger partial charge in [0.2, 0.25) is 0 Å². The maximum Gasteiger partial charge on any atom is 0.139 e.